The van der Waals surface area contributed by atoms with Crippen molar-refractivity contribution in [3.63, 3.8) is 0 Å². The molecule has 0 aromatic heterocycles. The molecule has 0 heterocycles. The highest BCUT2D eigenvalue weighted by molar-refractivity contribution is 5.87. The van der Waals surface area contributed by atoms with E-state index in [9.17, 15) is 9.59 Å². The fourth-order valence-electron chi connectivity index (χ4n) is 2.11. The summed E-state index contributed by atoms with van der Waals surface area (Å²) in [5.41, 5.74) is 0.891. The second-order valence-electron chi connectivity index (χ2n) is 4.84. The lowest BCUT2D eigenvalue weighted by Crippen LogP contribution is -2.44. The number of likely N-dealkylation sites (N-methyl/N-ethyl adjacent to an activating group) is 1. The van der Waals surface area contributed by atoms with Crippen LogP contribution in [0, 0.1) is 0 Å². The average molecular weight is 308 g/mol. The molecule has 0 aliphatic heterocycles. The topological polar surface area (TPSA) is 76.7 Å². The molecule has 1 aromatic carbocycles. The maximum Gasteiger partial charge on any atom is 0.242 e. The van der Waals surface area contributed by atoms with Crippen LogP contribution < -0.4 is 20.1 Å². The van der Waals surface area contributed by atoms with Crippen LogP contribution in [0.25, 0.3) is 0 Å². The Balaban J connectivity index is 2.59. The van der Waals surface area contributed by atoms with E-state index < -0.39 is 6.04 Å². The van der Waals surface area contributed by atoms with Gasteiger partial charge in [0.25, 0.3) is 0 Å². The molecule has 0 saturated carbocycles. The van der Waals surface area contributed by atoms with E-state index in [1.54, 1.807) is 27.2 Å². The minimum atomic E-state index is -0.542. The van der Waals surface area contributed by atoms with Gasteiger partial charge in [-0.3, -0.25) is 9.59 Å². The summed E-state index contributed by atoms with van der Waals surface area (Å²) in [4.78, 5) is 23.5. The Bertz CT molecular complexity index is 517. The minimum absolute atomic E-state index is 0.177. The van der Waals surface area contributed by atoms with Crippen LogP contribution in [-0.4, -0.2) is 38.6 Å². The normalized spacial score (nSPS) is 11.5. The Labute approximate surface area is 131 Å². The summed E-state index contributed by atoms with van der Waals surface area (Å²) >= 11 is 0. The average Bonchev–Trinajstić information content (AvgIpc) is 2.52. The number of ether oxygens (including phenoxy) is 2. The third kappa shape index (κ3) is 4.95. The van der Waals surface area contributed by atoms with Gasteiger partial charge in [-0.2, -0.15) is 0 Å². The van der Waals surface area contributed by atoms with Crippen LogP contribution in [0.2, 0.25) is 0 Å². The van der Waals surface area contributed by atoms with Crippen molar-refractivity contribution in [2.75, 3.05) is 20.8 Å². The summed E-state index contributed by atoms with van der Waals surface area (Å²) in [6.07, 6.45) is 0.779. The Morgan fingerprint density at radius 2 is 1.95 bits per heavy atom. The van der Waals surface area contributed by atoms with Gasteiger partial charge in [-0.05, 0) is 31.9 Å². The highest BCUT2D eigenvalue weighted by atomic mass is 16.5. The number of hydrogen-bond donors (Lipinski definition) is 2. The van der Waals surface area contributed by atoms with Crippen molar-refractivity contribution in [1.82, 2.24) is 10.6 Å². The fraction of sp³-hybridized carbons (Fsp3) is 0.500. The van der Waals surface area contributed by atoms with E-state index in [2.05, 4.69) is 10.6 Å². The zero-order chi connectivity index (χ0) is 16.5. The number of methoxy groups -OCH3 is 2. The van der Waals surface area contributed by atoms with E-state index in [0.29, 0.717) is 24.5 Å². The van der Waals surface area contributed by atoms with Crippen molar-refractivity contribution >= 4 is 11.8 Å². The Morgan fingerprint density at radius 1 is 1.23 bits per heavy atom. The molecule has 0 aliphatic rings. The van der Waals surface area contributed by atoms with E-state index in [4.69, 9.17) is 9.47 Å². The van der Waals surface area contributed by atoms with Gasteiger partial charge in [0.1, 0.15) is 6.04 Å². The first-order chi connectivity index (χ1) is 10.5. The predicted octanol–water partition coefficient (Wildman–Crippen LogP) is 1.28. The molecule has 1 unspecified atom stereocenters. The van der Waals surface area contributed by atoms with Gasteiger partial charge >= 0.3 is 0 Å². The van der Waals surface area contributed by atoms with Crippen LogP contribution in [0.3, 0.4) is 0 Å². The smallest absolute Gasteiger partial charge is 0.242 e. The zero-order valence-electron chi connectivity index (χ0n) is 13.6. The van der Waals surface area contributed by atoms with Crippen LogP contribution in [0.1, 0.15) is 25.8 Å². The number of carbonyl (C=O) groups is 2. The first kappa shape index (κ1) is 17.8. The highest BCUT2D eigenvalue weighted by Crippen LogP contribution is 2.31. The molecular weight excluding hydrogens is 284 g/mol. The molecule has 0 radical (unpaired) electrons. The number of benzene rings is 1. The molecule has 6 heteroatoms. The largest absolute Gasteiger partial charge is 0.493 e. The van der Waals surface area contributed by atoms with Gasteiger partial charge < -0.3 is 20.1 Å². The van der Waals surface area contributed by atoms with Gasteiger partial charge in [-0.1, -0.05) is 12.1 Å². The van der Waals surface area contributed by atoms with Crippen LogP contribution >= 0.6 is 0 Å². The summed E-state index contributed by atoms with van der Waals surface area (Å²) in [5.74, 6) is 0.907. The van der Waals surface area contributed by atoms with Crippen molar-refractivity contribution in [3.05, 3.63) is 23.8 Å². The molecule has 1 aromatic rings. The van der Waals surface area contributed by atoms with Gasteiger partial charge in [0.05, 0.1) is 14.2 Å². The van der Waals surface area contributed by atoms with E-state index >= 15 is 0 Å². The van der Waals surface area contributed by atoms with Crippen molar-refractivity contribution in [1.29, 1.82) is 0 Å². The van der Waals surface area contributed by atoms with Crippen molar-refractivity contribution < 1.29 is 19.1 Å². The van der Waals surface area contributed by atoms with Crippen LogP contribution in [0.15, 0.2) is 18.2 Å². The summed E-state index contributed by atoms with van der Waals surface area (Å²) in [6, 6.07) is 5.01. The van der Waals surface area contributed by atoms with Crippen molar-refractivity contribution in [2.45, 2.75) is 32.7 Å². The van der Waals surface area contributed by atoms with Gasteiger partial charge in [-0.15, -0.1) is 0 Å². The number of rotatable bonds is 8. The summed E-state index contributed by atoms with van der Waals surface area (Å²) < 4.78 is 10.6. The van der Waals surface area contributed by atoms with Crippen molar-refractivity contribution in [2.24, 2.45) is 0 Å². The third-order valence-corrected chi connectivity index (χ3v) is 3.23. The number of para-hydroxylation sites is 1. The quantitative estimate of drug-likeness (QED) is 0.758. The van der Waals surface area contributed by atoms with E-state index in [0.717, 1.165) is 5.56 Å². The molecule has 22 heavy (non-hydrogen) atoms. The number of amides is 2. The zero-order valence-corrected chi connectivity index (χ0v) is 13.6. The summed E-state index contributed by atoms with van der Waals surface area (Å²) in [6.45, 7) is 4.04. The lowest BCUT2D eigenvalue weighted by atomic mass is 10.1. The molecule has 122 valence electrons. The predicted molar refractivity (Wildman–Crippen MR) is 84.2 cm³/mol. The van der Waals surface area contributed by atoms with Gasteiger partial charge in [0, 0.05) is 13.0 Å². The Morgan fingerprint density at radius 3 is 2.55 bits per heavy atom. The molecule has 0 aliphatic carbocycles. The lowest BCUT2D eigenvalue weighted by molar-refractivity contribution is -0.128. The SMILES string of the molecule is CCNC(=O)C(C)NC(=O)CCc1cccc(OC)c1OC. The first-order valence-electron chi connectivity index (χ1n) is 7.30. The Kier molecular flexibility index (Phi) is 7.22. The number of carbonyl (C=O) groups excluding carboxylic acids is 2. The van der Waals surface area contributed by atoms with E-state index in [1.165, 1.54) is 0 Å². The maximum absolute atomic E-state index is 11.9. The van der Waals surface area contributed by atoms with Crippen LogP contribution in [-0.2, 0) is 16.0 Å². The van der Waals surface area contributed by atoms with Crippen molar-refractivity contribution in [3.8, 4) is 11.5 Å². The molecule has 2 amide bonds. The molecule has 2 N–H and O–H groups in total. The fourth-order valence-corrected chi connectivity index (χ4v) is 2.11. The number of hydrogen-bond acceptors (Lipinski definition) is 4. The van der Waals surface area contributed by atoms with E-state index in [1.807, 2.05) is 19.1 Å². The molecule has 0 bridgehead atoms. The third-order valence-electron chi connectivity index (χ3n) is 3.23. The summed E-state index contributed by atoms with van der Waals surface area (Å²) in [7, 11) is 3.14. The number of aryl methyl sites for hydroxylation is 1. The molecule has 0 saturated heterocycles. The molecule has 1 atom stereocenters. The number of nitrogens with one attached hydrogen (secondary N) is 2. The second-order valence-corrected chi connectivity index (χ2v) is 4.84. The van der Waals surface area contributed by atoms with Gasteiger partial charge in [0.15, 0.2) is 11.5 Å². The molecule has 1 rings (SSSR count). The lowest BCUT2D eigenvalue weighted by Gasteiger charge is -2.14. The molecule has 0 spiro atoms. The molecule has 6 nitrogen and oxygen atoms in total. The van der Waals surface area contributed by atoms with E-state index in [-0.39, 0.29) is 18.2 Å². The maximum atomic E-state index is 11.9. The first-order valence-corrected chi connectivity index (χ1v) is 7.30. The van der Waals surface area contributed by atoms with Gasteiger partial charge in [0.2, 0.25) is 11.8 Å². The Hall–Kier alpha value is -2.24. The molecular formula is C16H24N2O4. The molecule has 0 fully saturated rings. The monoisotopic (exact) mass is 308 g/mol. The highest BCUT2D eigenvalue weighted by Gasteiger charge is 2.16. The van der Waals surface area contributed by atoms with Crippen LogP contribution in [0.4, 0.5) is 0 Å². The standard InChI is InChI=1S/C16H24N2O4/c1-5-17-16(20)11(2)18-14(19)10-9-12-7-6-8-13(21-3)15(12)22-4/h6-8,11H,5,9-10H2,1-4H3,(H,17,20)(H,18,19). The van der Waals surface area contributed by atoms with Gasteiger partial charge in [-0.25, -0.2) is 0 Å². The van der Waals surface area contributed by atoms with Crippen LogP contribution in [0.5, 0.6) is 11.5 Å². The second kappa shape index (κ2) is 8.92. The minimum Gasteiger partial charge on any atom is -0.493 e. The summed E-state index contributed by atoms with van der Waals surface area (Å²) in [5, 5.41) is 5.35.